The van der Waals surface area contributed by atoms with Gasteiger partial charge in [0, 0.05) is 52.9 Å². The van der Waals surface area contributed by atoms with Gasteiger partial charge in [-0.05, 0) is 36.8 Å². The van der Waals surface area contributed by atoms with Crippen LogP contribution in [-0.2, 0) is 24.4 Å². The van der Waals surface area contributed by atoms with Crippen molar-refractivity contribution >= 4 is 18.0 Å². The molecule has 0 radical (unpaired) electrons. The van der Waals surface area contributed by atoms with Crippen molar-refractivity contribution in [3.63, 3.8) is 0 Å². The summed E-state index contributed by atoms with van der Waals surface area (Å²) in [5.41, 5.74) is 3.26. The van der Waals surface area contributed by atoms with Gasteiger partial charge in [-0.3, -0.25) is 4.68 Å². The third kappa shape index (κ3) is 6.87. The first-order chi connectivity index (χ1) is 21.8. The number of unbranched alkanes of at least 4 members (excludes halogenated alkanes) is 1. The standard InChI is InChI=1S/C34H34N2O9/c1-4-5-12-36-32(27-11-10-25(41-2)16-29(27)43-19-21-8-6-7-9-26(21)34(39)40)24(18-35-36)14-23(33(37)38)13-22-15-30-31(45-20-44-30)17-28(22)42-3/h6-11,14-18H,4-5,12-13,19-20H2,1-3H3,(H,37,38)(H,39,40)/b23-14+. The van der Waals surface area contributed by atoms with Crippen LogP contribution in [-0.4, -0.2) is 52.9 Å². The number of fused-ring (bicyclic) bond motifs is 1. The minimum atomic E-state index is -1.10. The van der Waals surface area contributed by atoms with E-state index in [9.17, 15) is 19.8 Å². The molecule has 1 aliphatic heterocycles. The van der Waals surface area contributed by atoms with E-state index in [1.807, 2.05) is 10.7 Å². The number of hydrogen-bond acceptors (Lipinski definition) is 8. The van der Waals surface area contributed by atoms with E-state index < -0.39 is 11.9 Å². The molecule has 3 aromatic carbocycles. The largest absolute Gasteiger partial charge is 0.497 e. The van der Waals surface area contributed by atoms with Crippen LogP contribution in [0, 0.1) is 0 Å². The number of aryl methyl sites for hydroxylation is 1. The SMILES string of the molecule is CCCCn1ncc(/C=C(\Cc2cc3c(cc2OC)OCO3)C(=O)O)c1-c1ccc(OC)cc1OCc1ccccc1C(=O)O. The predicted octanol–water partition coefficient (Wildman–Crippen LogP) is 6.08. The molecule has 0 saturated carbocycles. The molecular weight excluding hydrogens is 580 g/mol. The normalized spacial score (nSPS) is 12.2. The fourth-order valence-corrected chi connectivity index (χ4v) is 5.11. The minimum Gasteiger partial charge on any atom is -0.497 e. The van der Waals surface area contributed by atoms with Crippen LogP contribution in [0.2, 0.25) is 0 Å². The highest BCUT2D eigenvalue weighted by Gasteiger charge is 2.23. The Bertz CT molecular complexity index is 1740. The van der Waals surface area contributed by atoms with Gasteiger partial charge in [-0.15, -0.1) is 0 Å². The molecule has 0 atom stereocenters. The van der Waals surface area contributed by atoms with Crippen molar-refractivity contribution in [3.05, 3.63) is 88.6 Å². The number of aromatic carboxylic acids is 1. The molecule has 0 unspecified atom stereocenters. The van der Waals surface area contributed by atoms with Crippen LogP contribution in [0.25, 0.3) is 17.3 Å². The van der Waals surface area contributed by atoms with Gasteiger partial charge in [0.2, 0.25) is 6.79 Å². The van der Waals surface area contributed by atoms with E-state index in [0.29, 0.717) is 63.2 Å². The number of carboxylic acid groups (broad SMARTS) is 2. The Morgan fingerprint density at radius 1 is 0.978 bits per heavy atom. The summed E-state index contributed by atoms with van der Waals surface area (Å²) < 4.78 is 30.0. The zero-order valence-corrected chi connectivity index (χ0v) is 25.2. The first kappa shape index (κ1) is 31.0. The van der Waals surface area contributed by atoms with Crippen molar-refractivity contribution in [1.29, 1.82) is 0 Å². The molecule has 45 heavy (non-hydrogen) atoms. The summed E-state index contributed by atoms with van der Waals surface area (Å²) in [5, 5.41) is 24.6. The second-order valence-corrected chi connectivity index (χ2v) is 10.3. The third-order valence-corrected chi connectivity index (χ3v) is 7.43. The lowest BCUT2D eigenvalue weighted by molar-refractivity contribution is -0.132. The number of ether oxygens (including phenoxy) is 5. The highest BCUT2D eigenvalue weighted by molar-refractivity contribution is 5.94. The molecule has 0 amide bonds. The topological polar surface area (TPSA) is 139 Å². The van der Waals surface area contributed by atoms with Crippen molar-refractivity contribution in [3.8, 4) is 40.0 Å². The van der Waals surface area contributed by atoms with Gasteiger partial charge in [-0.1, -0.05) is 31.5 Å². The molecule has 0 saturated heterocycles. The van der Waals surface area contributed by atoms with Gasteiger partial charge in [0.05, 0.1) is 31.7 Å². The maximum Gasteiger partial charge on any atom is 0.336 e. The first-order valence-corrected chi connectivity index (χ1v) is 14.4. The number of carbonyl (C=O) groups is 2. The van der Waals surface area contributed by atoms with E-state index in [1.165, 1.54) is 13.2 Å². The van der Waals surface area contributed by atoms with E-state index in [4.69, 9.17) is 23.7 Å². The van der Waals surface area contributed by atoms with Gasteiger partial charge in [0.15, 0.2) is 11.5 Å². The Hall–Kier alpha value is -5.45. The molecule has 0 aliphatic carbocycles. The average molecular weight is 615 g/mol. The number of aliphatic carboxylic acids is 1. The van der Waals surface area contributed by atoms with Gasteiger partial charge >= 0.3 is 11.9 Å². The van der Waals surface area contributed by atoms with Crippen LogP contribution >= 0.6 is 0 Å². The Morgan fingerprint density at radius 2 is 1.76 bits per heavy atom. The van der Waals surface area contributed by atoms with Crippen molar-refractivity contribution in [2.24, 2.45) is 0 Å². The molecule has 0 bridgehead atoms. The number of carboxylic acids is 2. The van der Waals surface area contributed by atoms with Gasteiger partial charge in [0.25, 0.3) is 0 Å². The second kappa shape index (κ2) is 13.9. The number of benzene rings is 3. The molecule has 2 N–H and O–H groups in total. The van der Waals surface area contributed by atoms with Crippen molar-refractivity contribution < 1.29 is 43.5 Å². The Balaban J connectivity index is 1.58. The number of aromatic nitrogens is 2. The monoisotopic (exact) mass is 614 g/mol. The van der Waals surface area contributed by atoms with Gasteiger partial charge < -0.3 is 33.9 Å². The molecule has 4 aromatic rings. The third-order valence-electron chi connectivity index (χ3n) is 7.43. The molecule has 1 aromatic heterocycles. The smallest absolute Gasteiger partial charge is 0.336 e. The Labute approximate surface area is 260 Å². The van der Waals surface area contributed by atoms with Crippen LogP contribution in [0.5, 0.6) is 28.7 Å². The molecule has 2 heterocycles. The summed E-state index contributed by atoms with van der Waals surface area (Å²) in [4.78, 5) is 24.4. The van der Waals surface area contributed by atoms with E-state index in [0.717, 1.165) is 12.8 Å². The lowest BCUT2D eigenvalue weighted by Gasteiger charge is -2.16. The minimum absolute atomic E-state index is 0.0127. The summed E-state index contributed by atoms with van der Waals surface area (Å²) in [6, 6.07) is 15.4. The van der Waals surface area contributed by atoms with Crippen molar-refractivity contribution in [2.45, 2.75) is 39.3 Å². The highest BCUT2D eigenvalue weighted by atomic mass is 16.7. The summed E-state index contributed by atoms with van der Waals surface area (Å²) >= 11 is 0. The number of methoxy groups -OCH3 is 2. The number of hydrogen-bond donors (Lipinski definition) is 2. The van der Waals surface area contributed by atoms with E-state index in [-0.39, 0.29) is 31.0 Å². The molecule has 0 fully saturated rings. The zero-order valence-electron chi connectivity index (χ0n) is 25.2. The second-order valence-electron chi connectivity index (χ2n) is 10.3. The Morgan fingerprint density at radius 3 is 2.47 bits per heavy atom. The van der Waals surface area contributed by atoms with E-state index in [1.54, 1.807) is 61.8 Å². The van der Waals surface area contributed by atoms with Crippen molar-refractivity contribution in [2.75, 3.05) is 21.0 Å². The quantitative estimate of drug-likeness (QED) is 0.161. The fraction of sp³-hybridized carbons (Fsp3) is 0.265. The van der Waals surface area contributed by atoms with Gasteiger partial charge in [-0.2, -0.15) is 5.10 Å². The lowest BCUT2D eigenvalue weighted by Crippen LogP contribution is -2.08. The molecule has 11 nitrogen and oxygen atoms in total. The van der Waals surface area contributed by atoms with Crippen molar-refractivity contribution in [1.82, 2.24) is 9.78 Å². The van der Waals surface area contributed by atoms with Crippen LogP contribution in [0.15, 0.2) is 66.4 Å². The summed E-state index contributed by atoms with van der Waals surface area (Å²) in [7, 11) is 3.06. The van der Waals surface area contributed by atoms with Gasteiger partial charge in [-0.25, -0.2) is 9.59 Å². The molecule has 1 aliphatic rings. The lowest BCUT2D eigenvalue weighted by atomic mass is 9.99. The van der Waals surface area contributed by atoms with E-state index in [2.05, 4.69) is 12.0 Å². The van der Waals surface area contributed by atoms with Crippen LogP contribution < -0.4 is 23.7 Å². The number of rotatable bonds is 14. The molecule has 11 heteroatoms. The van der Waals surface area contributed by atoms with Crippen LogP contribution in [0.3, 0.4) is 0 Å². The number of nitrogens with zero attached hydrogens (tertiary/aromatic N) is 2. The first-order valence-electron chi connectivity index (χ1n) is 14.4. The molecular formula is C34H34N2O9. The van der Waals surface area contributed by atoms with Crippen LogP contribution in [0.1, 0.15) is 46.8 Å². The fourth-order valence-electron chi connectivity index (χ4n) is 5.11. The highest BCUT2D eigenvalue weighted by Crippen LogP contribution is 2.40. The van der Waals surface area contributed by atoms with Gasteiger partial charge in [0.1, 0.15) is 23.9 Å². The molecule has 5 rings (SSSR count). The Kier molecular flexibility index (Phi) is 9.57. The maximum absolute atomic E-state index is 12.6. The molecule has 234 valence electrons. The maximum atomic E-state index is 12.6. The summed E-state index contributed by atoms with van der Waals surface area (Å²) in [6.45, 7) is 2.73. The molecule has 0 spiro atoms. The summed E-state index contributed by atoms with van der Waals surface area (Å²) in [6.07, 6.45) is 5.05. The average Bonchev–Trinajstić information content (AvgIpc) is 3.68. The predicted molar refractivity (Wildman–Crippen MR) is 165 cm³/mol. The zero-order chi connectivity index (χ0) is 31.9. The van der Waals surface area contributed by atoms with E-state index >= 15 is 0 Å². The summed E-state index contributed by atoms with van der Waals surface area (Å²) in [5.74, 6) is 0.360. The van der Waals surface area contributed by atoms with Crippen LogP contribution in [0.4, 0.5) is 0 Å².